The standard InChI is InChI=1S/C23H25N5O4S/c1-14(29)32-23(15-7-9-16(24)10-8-15,33(30,31)17-5-3-2-4-6-17)22-27-19-13-26-21-18(11-12-25-21)20(19)28-22/h2-6,11-13,15-16H,7-10,24H2,1H3,(H,25,26)(H,27,28). The number of imidazole rings is 1. The van der Waals surface area contributed by atoms with Crippen LogP contribution in [0.1, 0.15) is 38.4 Å². The number of carbonyl (C=O) groups is 1. The van der Waals surface area contributed by atoms with Gasteiger partial charge in [0.25, 0.3) is 4.93 Å². The fourth-order valence-corrected chi connectivity index (χ4v) is 6.97. The molecule has 0 saturated heterocycles. The maximum absolute atomic E-state index is 14.3. The minimum Gasteiger partial charge on any atom is -0.434 e. The van der Waals surface area contributed by atoms with Gasteiger partial charge in [0.2, 0.25) is 9.84 Å². The Bertz CT molecular complexity index is 1420. The molecule has 1 atom stereocenters. The van der Waals surface area contributed by atoms with E-state index < -0.39 is 26.7 Å². The van der Waals surface area contributed by atoms with Crippen molar-refractivity contribution in [2.24, 2.45) is 11.7 Å². The first-order valence-electron chi connectivity index (χ1n) is 10.9. The summed E-state index contributed by atoms with van der Waals surface area (Å²) in [6.07, 6.45) is 5.55. The molecule has 1 aromatic carbocycles. The Labute approximate surface area is 190 Å². The SMILES string of the molecule is CC(=O)OC(c1nc2c(cnc3[nH]ccc32)[nH]1)(C1CCC(N)CC1)S(=O)(=O)c1ccccc1. The summed E-state index contributed by atoms with van der Waals surface area (Å²) in [4.78, 5) is 25.7. The smallest absolute Gasteiger partial charge is 0.304 e. The number of rotatable bonds is 5. The van der Waals surface area contributed by atoms with E-state index in [1.807, 2.05) is 6.07 Å². The van der Waals surface area contributed by atoms with Crippen LogP contribution >= 0.6 is 0 Å². The molecule has 4 aromatic rings. The van der Waals surface area contributed by atoms with Gasteiger partial charge in [-0.25, -0.2) is 18.4 Å². The van der Waals surface area contributed by atoms with E-state index in [-0.39, 0.29) is 16.8 Å². The van der Waals surface area contributed by atoms with Crippen LogP contribution in [0.15, 0.2) is 53.7 Å². The molecule has 9 nitrogen and oxygen atoms in total. The number of nitrogens with one attached hydrogen (secondary N) is 2. The number of ether oxygens (including phenoxy) is 1. The van der Waals surface area contributed by atoms with E-state index in [4.69, 9.17) is 15.5 Å². The van der Waals surface area contributed by atoms with Crippen molar-refractivity contribution < 1.29 is 17.9 Å². The number of esters is 1. The predicted octanol–water partition coefficient (Wildman–Crippen LogP) is 3.15. The summed E-state index contributed by atoms with van der Waals surface area (Å²) in [7, 11) is -4.22. The Morgan fingerprint density at radius 3 is 2.58 bits per heavy atom. The van der Waals surface area contributed by atoms with Crippen molar-refractivity contribution in [3.8, 4) is 0 Å². The van der Waals surface area contributed by atoms with Gasteiger partial charge in [0, 0.05) is 30.5 Å². The second-order valence-corrected chi connectivity index (χ2v) is 10.6. The summed E-state index contributed by atoms with van der Waals surface area (Å²) in [5.41, 5.74) is 7.87. The predicted molar refractivity (Wildman–Crippen MR) is 123 cm³/mol. The quantitative estimate of drug-likeness (QED) is 0.382. The van der Waals surface area contributed by atoms with Crippen molar-refractivity contribution in [2.75, 3.05) is 0 Å². The number of H-pyrrole nitrogens is 2. The molecule has 1 fully saturated rings. The number of fused-ring (bicyclic) bond motifs is 3. The van der Waals surface area contributed by atoms with Crippen molar-refractivity contribution in [3.05, 3.63) is 54.6 Å². The fourth-order valence-electron chi connectivity index (χ4n) is 4.85. The van der Waals surface area contributed by atoms with E-state index in [9.17, 15) is 13.2 Å². The summed E-state index contributed by atoms with van der Waals surface area (Å²) in [5.74, 6) is -1.15. The van der Waals surface area contributed by atoms with Crippen LogP contribution in [0.3, 0.4) is 0 Å². The normalized spacial score (nSPS) is 21.2. The highest BCUT2D eigenvalue weighted by molar-refractivity contribution is 7.92. The first-order valence-corrected chi connectivity index (χ1v) is 12.4. The van der Waals surface area contributed by atoms with E-state index in [0.717, 1.165) is 5.39 Å². The molecule has 3 heterocycles. The second-order valence-electron chi connectivity index (χ2n) is 8.54. The van der Waals surface area contributed by atoms with E-state index in [0.29, 0.717) is 42.4 Å². The summed E-state index contributed by atoms with van der Waals surface area (Å²) < 4.78 is 34.4. The van der Waals surface area contributed by atoms with E-state index in [2.05, 4.69) is 15.0 Å². The molecule has 3 aromatic heterocycles. The molecule has 1 unspecified atom stereocenters. The van der Waals surface area contributed by atoms with Gasteiger partial charge < -0.3 is 20.4 Å². The summed E-state index contributed by atoms with van der Waals surface area (Å²) in [6, 6.07) is 9.86. The lowest BCUT2D eigenvalue weighted by molar-refractivity contribution is -0.156. The second kappa shape index (κ2) is 7.96. The largest absolute Gasteiger partial charge is 0.434 e. The number of nitrogens with zero attached hydrogens (tertiary/aromatic N) is 2. The summed E-state index contributed by atoms with van der Waals surface area (Å²) in [5, 5.41) is 0.745. The molecule has 33 heavy (non-hydrogen) atoms. The van der Waals surface area contributed by atoms with Gasteiger partial charge in [-0.15, -0.1) is 0 Å². The maximum Gasteiger partial charge on any atom is 0.304 e. The average Bonchev–Trinajstić information content (AvgIpc) is 3.45. The zero-order valence-electron chi connectivity index (χ0n) is 18.1. The zero-order valence-corrected chi connectivity index (χ0v) is 18.9. The first kappa shape index (κ1) is 21.6. The van der Waals surface area contributed by atoms with Gasteiger partial charge in [0.15, 0.2) is 5.82 Å². The highest BCUT2D eigenvalue weighted by Gasteiger charge is 2.58. The molecular weight excluding hydrogens is 442 g/mol. The van der Waals surface area contributed by atoms with Crippen LogP contribution in [0.4, 0.5) is 0 Å². The monoisotopic (exact) mass is 467 g/mol. The minimum atomic E-state index is -4.22. The van der Waals surface area contributed by atoms with Crippen molar-refractivity contribution in [3.63, 3.8) is 0 Å². The number of benzene rings is 1. The number of aromatic nitrogens is 4. The third-order valence-corrected chi connectivity index (χ3v) is 8.72. The molecule has 10 heteroatoms. The molecule has 0 spiro atoms. The molecule has 0 aliphatic heterocycles. The average molecular weight is 468 g/mol. The van der Waals surface area contributed by atoms with Crippen LogP contribution in [-0.4, -0.2) is 40.4 Å². The molecular formula is C23H25N5O4S. The number of nitrogens with two attached hydrogens (primary N) is 1. The molecule has 1 aliphatic rings. The Kier molecular flexibility index (Phi) is 5.21. The number of aromatic amines is 2. The lowest BCUT2D eigenvalue weighted by Gasteiger charge is -2.40. The number of hydrogen-bond donors (Lipinski definition) is 3. The molecule has 0 amide bonds. The van der Waals surface area contributed by atoms with Gasteiger partial charge in [-0.3, -0.25) is 4.79 Å². The van der Waals surface area contributed by atoms with E-state index >= 15 is 0 Å². The first-order chi connectivity index (χ1) is 15.8. The van der Waals surface area contributed by atoms with Gasteiger partial charge in [0.05, 0.1) is 16.6 Å². The third kappa shape index (κ3) is 3.41. The van der Waals surface area contributed by atoms with Crippen LogP contribution in [0.2, 0.25) is 0 Å². The minimum absolute atomic E-state index is 0.0185. The lowest BCUT2D eigenvalue weighted by Crippen LogP contribution is -2.49. The number of carbonyl (C=O) groups excluding carboxylic acids is 1. The highest BCUT2D eigenvalue weighted by Crippen LogP contribution is 2.48. The van der Waals surface area contributed by atoms with E-state index in [1.165, 1.54) is 19.1 Å². The van der Waals surface area contributed by atoms with Crippen molar-refractivity contribution >= 4 is 37.9 Å². The number of sulfone groups is 1. The van der Waals surface area contributed by atoms with Gasteiger partial charge in [-0.1, -0.05) is 18.2 Å². The summed E-state index contributed by atoms with van der Waals surface area (Å²) >= 11 is 0. The molecule has 1 aliphatic carbocycles. The van der Waals surface area contributed by atoms with Crippen LogP contribution < -0.4 is 5.73 Å². The number of hydrogen-bond acceptors (Lipinski definition) is 7. The van der Waals surface area contributed by atoms with Crippen molar-refractivity contribution in [1.82, 2.24) is 19.9 Å². The topological polar surface area (TPSA) is 144 Å². The third-order valence-electron chi connectivity index (χ3n) is 6.42. The molecule has 172 valence electrons. The van der Waals surface area contributed by atoms with Crippen molar-refractivity contribution in [2.45, 2.75) is 48.5 Å². The van der Waals surface area contributed by atoms with E-state index in [1.54, 1.807) is 30.6 Å². The molecule has 1 saturated carbocycles. The highest BCUT2D eigenvalue weighted by atomic mass is 32.2. The molecule has 5 rings (SSSR count). The van der Waals surface area contributed by atoms with Gasteiger partial charge in [-0.05, 0) is 43.9 Å². The Balaban J connectivity index is 1.81. The van der Waals surface area contributed by atoms with Gasteiger partial charge >= 0.3 is 5.97 Å². The zero-order chi connectivity index (χ0) is 23.2. The van der Waals surface area contributed by atoms with Crippen molar-refractivity contribution in [1.29, 1.82) is 0 Å². The molecule has 4 N–H and O–H groups in total. The molecule has 0 bridgehead atoms. The van der Waals surface area contributed by atoms with Gasteiger partial charge in [-0.2, -0.15) is 0 Å². The Morgan fingerprint density at radius 2 is 1.88 bits per heavy atom. The van der Waals surface area contributed by atoms with Crippen LogP contribution in [0, 0.1) is 5.92 Å². The fraction of sp³-hybridized carbons (Fsp3) is 0.348. The maximum atomic E-state index is 14.3. The molecule has 0 radical (unpaired) electrons. The van der Waals surface area contributed by atoms with Crippen LogP contribution in [-0.2, 0) is 24.3 Å². The van der Waals surface area contributed by atoms with Crippen LogP contribution in [0.25, 0.3) is 22.1 Å². The lowest BCUT2D eigenvalue weighted by atomic mass is 9.82. The van der Waals surface area contributed by atoms with Gasteiger partial charge in [0.1, 0.15) is 11.2 Å². The Hall–Kier alpha value is -3.24. The number of pyridine rings is 1. The van der Waals surface area contributed by atoms with Crippen LogP contribution in [0.5, 0.6) is 0 Å². The summed E-state index contributed by atoms with van der Waals surface area (Å²) in [6.45, 7) is 1.22. The Morgan fingerprint density at radius 1 is 1.15 bits per heavy atom.